The lowest BCUT2D eigenvalue weighted by molar-refractivity contribution is 0.0727. The highest BCUT2D eigenvalue weighted by Gasteiger charge is 2.05. The lowest BCUT2D eigenvalue weighted by Gasteiger charge is -2.05. The number of hydrogen-bond acceptors (Lipinski definition) is 3. The minimum absolute atomic E-state index is 0.257. The Morgan fingerprint density at radius 2 is 1.94 bits per heavy atom. The van der Waals surface area contributed by atoms with E-state index in [0.29, 0.717) is 11.6 Å². The number of sulfonamides is 1. The van der Waals surface area contributed by atoms with Crippen LogP contribution in [0, 0.1) is 5.92 Å². The Hall–Kier alpha value is -0.880. The number of halogens is 1. The maximum Gasteiger partial charge on any atom is 0.255 e. The molecule has 0 aliphatic rings. The van der Waals surface area contributed by atoms with Gasteiger partial charge >= 0.3 is 0 Å². The van der Waals surface area contributed by atoms with Crippen molar-refractivity contribution in [1.82, 2.24) is 4.89 Å². The fraction of sp³-hybridized carbons (Fsp3) is 0.333. The molecule has 0 unspecified atom stereocenters. The van der Waals surface area contributed by atoms with Gasteiger partial charge in [-0.05, 0) is 29.7 Å². The van der Waals surface area contributed by atoms with Gasteiger partial charge in [-0.1, -0.05) is 42.5 Å². The summed E-state index contributed by atoms with van der Waals surface area (Å²) in [6.07, 6.45) is 1.47. The van der Waals surface area contributed by atoms with Crippen LogP contribution in [0.4, 0.5) is 0 Å². The van der Waals surface area contributed by atoms with Crippen molar-refractivity contribution in [2.75, 3.05) is 6.61 Å². The number of nitrogens with one attached hydrogen (secondary N) is 1. The summed E-state index contributed by atoms with van der Waals surface area (Å²) in [7, 11) is -3.57. The van der Waals surface area contributed by atoms with Crippen molar-refractivity contribution in [2.45, 2.75) is 13.8 Å². The van der Waals surface area contributed by atoms with Crippen LogP contribution in [0.15, 0.2) is 29.7 Å². The van der Waals surface area contributed by atoms with E-state index in [2.05, 4.69) is 0 Å². The molecule has 0 atom stereocenters. The van der Waals surface area contributed by atoms with E-state index < -0.39 is 10.0 Å². The molecule has 0 aliphatic carbocycles. The van der Waals surface area contributed by atoms with Gasteiger partial charge in [0.1, 0.15) is 0 Å². The second kappa shape index (κ2) is 6.89. The zero-order chi connectivity index (χ0) is 13.6. The minimum atomic E-state index is -3.57. The van der Waals surface area contributed by atoms with Crippen molar-refractivity contribution in [1.29, 1.82) is 0 Å². The molecule has 0 fully saturated rings. The number of benzene rings is 1. The summed E-state index contributed by atoms with van der Waals surface area (Å²) in [5.74, 6) is 0.257. The van der Waals surface area contributed by atoms with Crippen molar-refractivity contribution in [3.05, 3.63) is 40.3 Å². The second-order valence-corrected chi connectivity index (χ2v) is 6.15. The maximum atomic E-state index is 11.5. The Kier molecular flexibility index (Phi) is 5.81. The van der Waals surface area contributed by atoms with E-state index in [9.17, 15) is 8.42 Å². The van der Waals surface area contributed by atoms with Gasteiger partial charge in [-0.2, -0.15) is 0 Å². The molecule has 0 radical (unpaired) electrons. The van der Waals surface area contributed by atoms with Crippen LogP contribution < -0.4 is 4.89 Å². The molecule has 100 valence electrons. The van der Waals surface area contributed by atoms with Crippen LogP contribution in [0.2, 0.25) is 5.02 Å². The first-order valence-electron chi connectivity index (χ1n) is 5.46. The molecule has 1 rings (SSSR count). The highest BCUT2D eigenvalue weighted by Crippen LogP contribution is 2.11. The first-order chi connectivity index (χ1) is 8.39. The molecule has 18 heavy (non-hydrogen) atoms. The normalized spacial score (nSPS) is 12.4. The van der Waals surface area contributed by atoms with E-state index >= 15 is 0 Å². The zero-order valence-electron chi connectivity index (χ0n) is 10.3. The highest BCUT2D eigenvalue weighted by molar-refractivity contribution is 7.92. The SMILES string of the molecule is CC(C)CONS(=O)(=O)/C=C/c1ccc(Cl)cc1. The summed E-state index contributed by atoms with van der Waals surface area (Å²) in [5.41, 5.74) is 0.744. The third kappa shape index (κ3) is 6.16. The van der Waals surface area contributed by atoms with Crippen molar-refractivity contribution in [2.24, 2.45) is 5.92 Å². The third-order valence-corrected chi connectivity index (χ3v) is 3.00. The standard InChI is InChI=1S/C12H16ClNO3S/c1-10(2)9-17-14-18(15,16)8-7-11-3-5-12(13)6-4-11/h3-8,10,14H,9H2,1-2H3/b8-7+. The molecule has 0 saturated carbocycles. The fourth-order valence-electron chi connectivity index (χ4n) is 1.05. The summed E-state index contributed by atoms with van der Waals surface area (Å²) in [5, 5.41) is 1.66. The summed E-state index contributed by atoms with van der Waals surface area (Å²) < 4.78 is 23.0. The molecule has 0 bridgehead atoms. The highest BCUT2D eigenvalue weighted by atomic mass is 35.5. The van der Waals surface area contributed by atoms with Crippen molar-refractivity contribution < 1.29 is 13.3 Å². The summed E-state index contributed by atoms with van der Waals surface area (Å²) in [4.78, 5) is 6.89. The van der Waals surface area contributed by atoms with Gasteiger partial charge in [-0.15, -0.1) is 0 Å². The topological polar surface area (TPSA) is 55.4 Å². The fourth-order valence-corrected chi connectivity index (χ4v) is 1.80. The van der Waals surface area contributed by atoms with Gasteiger partial charge in [-0.3, -0.25) is 4.84 Å². The molecule has 4 nitrogen and oxygen atoms in total. The quantitative estimate of drug-likeness (QED) is 0.819. The molecular formula is C12H16ClNO3S. The van der Waals surface area contributed by atoms with Crippen LogP contribution in [0.3, 0.4) is 0 Å². The van der Waals surface area contributed by atoms with Crippen LogP contribution in [0.5, 0.6) is 0 Å². The maximum absolute atomic E-state index is 11.5. The Morgan fingerprint density at radius 1 is 1.33 bits per heavy atom. The molecule has 1 aromatic rings. The van der Waals surface area contributed by atoms with E-state index in [1.54, 1.807) is 24.3 Å². The summed E-state index contributed by atoms with van der Waals surface area (Å²) >= 11 is 5.73. The van der Waals surface area contributed by atoms with Crippen LogP contribution in [0.1, 0.15) is 19.4 Å². The molecular weight excluding hydrogens is 274 g/mol. The van der Waals surface area contributed by atoms with Crippen LogP contribution in [-0.2, 0) is 14.9 Å². The van der Waals surface area contributed by atoms with Gasteiger partial charge in [0, 0.05) is 10.4 Å². The summed E-state index contributed by atoms with van der Waals surface area (Å²) in [6.45, 7) is 4.18. The lowest BCUT2D eigenvalue weighted by atomic mass is 10.2. The van der Waals surface area contributed by atoms with Gasteiger partial charge in [0.05, 0.1) is 6.61 Å². The van der Waals surface area contributed by atoms with Crippen LogP contribution in [-0.4, -0.2) is 15.0 Å². The Balaban J connectivity index is 2.57. The number of rotatable bonds is 6. The average Bonchev–Trinajstić information content (AvgIpc) is 2.27. The van der Waals surface area contributed by atoms with E-state index in [-0.39, 0.29) is 5.92 Å². The van der Waals surface area contributed by atoms with Gasteiger partial charge in [-0.25, -0.2) is 8.42 Å². The molecule has 1 aromatic carbocycles. The average molecular weight is 290 g/mol. The summed E-state index contributed by atoms with van der Waals surface area (Å²) in [6, 6.07) is 6.83. The van der Waals surface area contributed by atoms with E-state index in [1.807, 2.05) is 18.7 Å². The molecule has 0 heterocycles. The lowest BCUT2D eigenvalue weighted by Crippen LogP contribution is -2.23. The van der Waals surface area contributed by atoms with Crippen molar-refractivity contribution in [3.63, 3.8) is 0 Å². The van der Waals surface area contributed by atoms with Gasteiger partial charge in [0.25, 0.3) is 10.0 Å². The molecule has 0 spiro atoms. The van der Waals surface area contributed by atoms with E-state index in [1.165, 1.54) is 6.08 Å². The second-order valence-electron chi connectivity index (χ2n) is 4.19. The molecule has 0 amide bonds. The molecule has 0 aromatic heterocycles. The van der Waals surface area contributed by atoms with E-state index in [4.69, 9.17) is 16.4 Å². The Morgan fingerprint density at radius 3 is 2.50 bits per heavy atom. The smallest absolute Gasteiger partial charge is 0.255 e. The molecule has 1 N–H and O–H groups in total. The third-order valence-electron chi connectivity index (χ3n) is 1.90. The first-order valence-corrected chi connectivity index (χ1v) is 7.39. The van der Waals surface area contributed by atoms with Gasteiger partial charge in [0.2, 0.25) is 0 Å². The Bertz CT molecular complexity index is 495. The molecule has 6 heteroatoms. The largest absolute Gasteiger partial charge is 0.287 e. The predicted octanol–water partition coefficient (Wildman–Crippen LogP) is 2.82. The van der Waals surface area contributed by atoms with Gasteiger partial charge in [0.15, 0.2) is 0 Å². The minimum Gasteiger partial charge on any atom is -0.287 e. The molecule has 0 saturated heterocycles. The van der Waals surface area contributed by atoms with E-state index in [0.717, 1.165) is 11.0 Å². The van der Waals surface area contributed by atoms with Gasteiger partial charge < -0.3 is 0 Å². The monoisotopic (exact) mass is 289 g/mol. The Labute approximate surface area is 113 Å². The molecule has 0 aliphatic heterocycles. The van der Waals surface area contributed by atoms with Crippen LogP contribution in [0.25, 0.3) is 6.08 Å². The van der Waals surface area contributed by atoms with Crippen LogP contribution >= 0.6 is 11.6 Å². The zero-order valence-corrected chi connectivity index (χ0v) is 11.8. The van der Waals surface area contributed by atoms with Crippen molar-refractivity contribution >= 4 is 27.7 Å². The predicted molar refractivity (Wildman–Crippen MR) is 73.3 cm³/mol. The first kappa shape index (κ1) is 15.2. The van der Waals surface area contributed by atoms with Crippen molar-refractivity contribution in [3.8, 4) is 0 Å². The number of hydrogen-bond donors (Lipinski definition) is 1.